The molecular weight excluding hydrogens is 314 g/mol. The van der Waals surface area contributed by atoms with Crippen molar-refractivity contribution in [2.45, 2.75) is 70.8 Å². The van der Waals surface area contributed by atoms with Gasteiger partial charge in [-0.15, -0.1) is 0 Å². The Labute approximate surface area is 150 Å². The van der Waals surface area contributed by atoms with Crippen molar-refractivity contribution in [2.75, 3.05) is 23.3 Å². The Morgan fingerprint density at radius 1 is 1.16 bits per heavy atom. The molecule has 3 N–H and O–H groups in total. The minimum Gasteiger partial charge on any atom is -0.365 e. The molecule has 1 aliphatic carbocycles. The van der Waals surface area contributed by atoms with E-state index in [4.69, 9.17) is 10.7 Å². The first-order valence-electron chi connectivity index (χ1n) is 9.82. The van der Waals surface area contributed by atoms with Gasteiger partial charge in [-0.1, -0.05) is 39.0 Å². The average Bonchev–Trinajstić information content (AvgIpc) is 2.57. The molecule has 6 heteroatoms. The number of carbonyl (C=O) groups is 1. The van der Waals surface area contributed by atoms with E-state index in [1.807, 2.05) is 0 Å². The molecule has 2 fully saturated rings. The summed E-state index contributed by atoms with van der Waals surface area (Å²) in [6, 6.07) is 0.350. The summed E-state index contributed by atoms with van der Waals surface area (Å²) >= 11 is 0. The fraction of sp³-hybridized carbons (Fsp3) is 0.737. The lowest BCUT2D eigenvalue weighted by Gasteiger charge is -2.32. The van der Waals surface area contributed by atoms with Crippen LogP contribution in [-0.4, -0.2) is 35.0 Å². The monoisotopic (exact) mass is 345 g/mol. The van der Waals surface area contributed by atoms with Gasteiger partial charge in [-0.3, -0.25) is 4.79 Å². The zero-order valence-electron chi connectivity index (χ0n) is 15.3. The molecule has 2 aliphatic rings. The fourth-order valence-corrected chi connectivity index (χ4v) is 4.00. The summed E-state index contributed by atoms with van der Waals surface area (Å²) in [4.78, 5) is 23.2. The molecule has 1 aromatic rings. The van der Waals surface area contributed by atoms with Crippen LogP contribution in [-0.2, 0) is 0 Å². The Kier molecular flexibility index (Phi) is 6.10. The third-order valence-corrected chi connectivity index (χ3v) is 5.42. The maximum atomic E-state index is 11.8. The number of nitrogens with two attached hydrogens (primary N) is 1. The summed E-state index contributed by atoms with van der Waals surface area (Å²) in [6.07, 6.45) is 12.7. The number of anilines is 2. The summed E-state index contributed by atoms with van der Waals surface area (Å²) in [6.45, 7) is 4.26. The third kappa shape index (κ3) is 4.83. The van der Waals surface area contributed by atoms with Gasteiger partial charge in [0.15, 0.2) is 11.5 Å². The molecule has 0 bridgehead atoms. The predicted molar refractivity (Wildman–Crippen MR) is 101 cm³/mol. The number of piperidine rings is 1. The number of hydrogen-bond acceptors (Lipinski definition) is 5. The molecule has 1 aliphatic heterocycles. The lowest BCUT2D eigenvalue weighted by molar-refractivity contribution is 0.0996. The van der Waals surface area contributed by atoms with E-state index in [1.165, 1.54) is 44.9 Å². The third-order valence-electron chi connectivity index (χ3n) is 5.42. The van der Waals surface area contributed by atoms with Gasteiger partial charge in [-0.05, 0) is 31.6 Å². The first-order valence-corrected chi connectivity index (χ1v) is 9.82. The van der Waals surface area contributed by atoms with Crippen molar-refractivity contribution in [3.05, 3.63) is 11.9 Å². The number of nitrogens with zero attached hydrogens (tertiary/aromatic N) is 3. The van der Waals surface area contributed by atoms with E-state index in [0.717, 1.165) is 31.7 Å². The molecule has 138 valence electrons. The van der Waals surface area contributed by atoms with E-state index in [1.54, 1.807) is 6.20 Å². The van der Waals surface area contributed by atoms with Gasteiger partial charge in [0.1, 0.15) is 5.82 Å². The summed E-state index contributed by atoms with van der Waals surface area (Å²) in [5, 5.41) is 3.49. The van der Waals surface area contributed by atoms with Crippen molar-refractivity contribution in [1.82, 2.24) is 9.97 Å². The Bertz CT molecular complexity index is 583. The molecule has 1 saturated carbocycles. The van der Waals surface area contributed by atoms with Crippen molar-refractivity contribution < 1.29 is 4.79 Å². The van der Waals surface area contributed by atoms with Crippen LogP contribution in [0.15, 0.2) is 6.20 Å². The quantitative estimate of drug-likeness (QED) is 0.874. The zero-order chi connectivity index (χ0) is 17.6. The molecule has 1 atom stereocenters. The molecule has 3 rings (SSSR count). The Morgan fingerprint density at radius 2 is 1.88 bits per heavy atom. The minimum absolute atomic E-state index is 0.260. The number of primary amides is 1. The summed E-state index contributed by atoms with van der Waals surface area (Å²) < 4.78 is 0. The standard InChI is InChI=1S/C19H31N5O/c1-14-8-7-11-24(13-14)16-12-21-17(18(20)25)19(23-16)22-15-9-5-3-2-4-6-10-15/h12,14-15H,2-11,13H2,1H3,(H2,20,25)(H,22,23)/t14-/m1/s1. The van der Waals surface area contributed by atoms with E-state index in [9.17, 15) is 4.79 Å². The highest BCUT2D eigenvalue weighted by Gasteiger charge is 2.22. The van der Waals surface area contributed by atoms with Crippen LogP contribution in [0.25, 0.3) is 0 Å². The zero-order valence-corrected chi connectivity index (χ0v) is 15.3. The highest BCUT2D eigenvalue weighted by atomic mass is 16.1. The molecular formula is C19H31N5O. The Balaban J connectivity index is 1.79. The predicted octanol–water partition coefficient (Wildman–Crippen LogP) is 3.34. The molecule has 25 heavy (non-hydrogen) atoms. The first kappa shape index (κ1) is 18.0. The lowest BCUT2D eigenvalue weighted by atomic mass is 9.97. The molecule has 0 unspecified atom stereocenters. The van der Waals surface area contributed by atoms with E-state index in [2.05, 4.69) is 22.1 Å². The second-order valence-corrected chi connectivity index (χ2v) is 7.67. The van der Waals surface area contributed by atoms with E-state index >= 15 is 0 Å². The molecule has 1 amide bonds. The molecule has 1 aromatic heterocycles. The van der Waals surface area contributed by atoms with Gasteiger partial charge in [0.05, 0.1) is 6.20 Å². The summed E-state index contributed by atoms with van der Waals surface area (Å²) in [7, 11) is 0. The lowest BCUT2D eigenvalue weighted by Crippen LogP contribution is -2.35. The number of hydrogen-bond donors (Lipinski definition) is 2. The van der Waals surface area contributed by atoms with Crippen molar-refractivity contribution in [2.24, 2.45) is 11.7 Å². The second kappa shape index (κ2) is 8.50. The van der Waals surface area contributed by atoms with Crippen LogP contribution >= 0.6 is 0 Å². The number of rotatable bonds is 4. The van der Waals surface area contributed by atoms with Gasteiger partial charge < -0.3 is 16.0 Å². The van der Waals surface area contributed by atoms with Crippen molar-refractivity contribution in [3.8, 4) is 0 Å². The van der Waals surface area contributed by atoms with Crippen LogP contribution in [0.2, 0.25) is 0 Å². The maximum absolute atomic E-state index is 11.8. The molecule has 0 radical (unpaired) electrons. The van der Waals surface area contributed by atoms with E-state index < -0.39 is 5.91 Å². The number of aromatic nitrogens is 2. The van der Waals surface area contributed by atoms with Crippen LogP contribution in [0.3, 0.4) is 0 Å². The highest BCUT2D eigenvalue weighted by molar-refractivity contribution is 5.95. The minimum atomic E-state index is -0.514. The van der Waals surface area contributed by atoms with Gasteiger partial charge in [0.25, 0.3) is 5.91 Å². The fourth-order valence-electron chi connectivity index (χ4n) is 4.00. The van der Waals surface area contributed by atoms with Crippen molar-refractivity contribution in [3.63, 3.8) is 0 Å². The van der Waals surface area contributed by atoms with E-state index in [-0.39, 0.29) is 5.69 Å². The number of nitrogens with one attached hydrogen (secondary N) is 1. The Hall–Kier alpha value is -1.85. The van der Waals surface area contributed by atoms with Crippen molar-refractivity contribution >= 4 is 17.5 Å². The van der Waals surface area contributed by atoms with Gasteiger partial charge in [-0.25, -0.2) is 9.97 Å². The average molecular weight is 345 g/mol. The van der Waals surface area contributed by atoms with Crippen LogP contribution < -0.4 is 16.0 Å². The van der Waals surface area contributed by atoms with Crippen LogP contribution in [0, 0.1) is 5.92 Å². The van der Waals surface area contributed by atoms with Crippen molar-refractivity contribution in [1.29, 1.82) is 0 Å². The topological polar surface area (TPSA) is 84.1 Å². The number of carbonyl (C=O) groups excluding carboxylic acids is 1. The summed E-state index contributed by atoms with van der Waals surface area (Å²) in [5.74, 6) is 1.56. The van der Waals surface area contributed by atoms with Crippen LogP contribution in [0.4, 0.5) is 11.6 Å². The number of amides is 1. The highest BCUT2D eigenvalue weighted by Crippen LogP contribution is 2.25. The normalized spacial score (nSPS) is 22.9. The SMILES string of the molecule is C[C@@H]1CCCN(c2cnc(C(N)=O)c(NC3CCCCCCC3)n2)C1. The largest absolute Gasteiger partial charge is 0.365 e. The molecule has 6 nitrogen and oxygen atoms in total. The van der Waals surface area contributed by atoms with Crippen LogP contribution in [0.5, 0.6) is 0 Å². The van der Waals surface area contributed by atoms with Gasteiger partial charge in [0, 0.05) is 19.1 Å². The molecule has 1 saturated heterocycles. The van der Waals surface area contributed by atoms with Crippen LogP contribution in [0.1, 0.15) is 75.2 Å². The molecule has 0 aromatic carbocycles. The second-order valence-electron chi connectivity index (χ2n) is 7.67. The first-order chi connectivity index (χ1) is 12.1. The Morgan fingerprint density at radius 3 is 2.56 bits per heavy atom. The van der Waals surface area contributed by atoms with Gasteiger partial charge in [0.2, 0.25) is 0 Å². The summed E-state index contributed by atoms with van der Waals surface area (Å²) in [5.41, 5.74) is 5.79. The van der Waals surface area contributed by atoms with E-state index in [0.29, 0.717) is 17.8 Å². The molecule has 2 heterocycles. The maximum Gasteiger partial charge on any atom is 0.271 e. The smallest absolute Gasteiger partial charge is 0.271 e. The van der Waals surface area contributed by atoms with Gasteiger partial charge >= 0.3 is 0 Å². The molecule has 0 spiro atoms. The van der Waals surface area contributed by atoms with Gasteiger partial charge in [-0.2, -0.15) is 0 Å².